The first-order valence-electron chi connectivity index (χ1n) is 7.76. The van der Waals surface area contributed by atoms with E-state index < -0.39 is 12.4 Å². The molecule has 1 aliphatic heterocycles. The first kappa shape index (κ1) is 18.1. The predicted molar refractivity (Wildman–Crippen MR) is 80.2 cm³/mol. The van der Waals surface area contributed by atoms with Crippen molar-refractivity contribution in [1.82, 2.24) is 10.6 Å². The van der Waals surface area contributed by atoms with E-state index in [2.05, 4.69) is 15.4 Å². The number of nitrogens with one attached hydrogen (secondary N) is 2. The van der Waals surface area contributed by atoms with Crippen molar-refractivity contribution in [2.75, 3.05) is 6.54 Å². The van der Waals surface area contributed by atoms with Gasteiger partial charge < -0.3 is 15.4 Å². The summed E-state index contributed by atoms with van der Waals surface area (Å²) in [6.07, 6.45) is -2.47. The van der Waals surface area contributed by atoms with E-state index in [4.69, 9.17) is 0 Å². The fraction of sp³-hybridized carbons (Fsp3) is 0.500. The van der Waals surface area contributed by atoms with Crippen LogP contribution in [-0.2, 0) is 16.0 Å². The summed E-state index contributed by atoms with van der Waals surface area (Å²) in [5.74, 6) is -0.912. The minimum atomic E-state index is -4.78. The molecule has 5 nitrogen and oxygen atoms in total. The molecule has 2 rings (SSSR count). The first-order valence-corrected chi connectivity index (χ1v) is 7.76. The van der Waals surface area contributed by atoms with Gasteiger partial charge in [0.05, 0.1) is 0 Å². The second kappa shape index (κ2) is 8.03. The van der Waals surface area contributed by atoms with Crippen LogP contribution in [0.15, 0.2) is 24.3 Å². The third-order valence-corrected chi connectivity index (χ3v) is 3.69. The van der Waals surface area contributed by atoms with Crippen molar-refractivity contribution in [3.63, 3.8) is 0 Å². The second-order valence-electron chi connectivity index (χ2n) is 5.56. The highest BCUT2D eigenvalue weighted by molar-refractivity contribution is 5.87. The summed E-state index contributed by atoms with van der Waals surface area (Å²) in [4.78, 5) is 23.7. The number of amides is 2. The third-order valence-electron chi connectivity index (χ3n) is 3.69. The van der Waals surface area contributed by atoms with Crippen molar-refractivity contribution in [3.8, 4) is 5.75 Å². The summed E-state index contributed by atoms with van der Waals surface area (Å²) in [5, 5.41) is 5.34. The van der Waals surface area contributed by atoms with Gasteiger partial charge in [0.25, 0.3) is 0 Å². The molecule has 2 amide bonds. The number of carbonyl (C=O) groups is 2. The average molecular weight is 344 g/mol. The molecule has 0 radical (unpaired) electrons. The Labute approximate surface area is 137 Å². The normalized spacial score (nSPS) is 18.5. The van der Waals surface area contributed by atoms with Crippen LogP contribution in [0, 0.1) is 0 Å². The van der Waals surface area contributed by atoms with Gasteiger partial charge in [-0.2, -0.15) is 0 Å². The van der Waals surface area contributed by atoms with E-state index in [1.807, 2.05) is 0 Å². The molecular weight excluding hydrogens is 325 g/mol. The van der Waals surface area contributed by atoms with Gasteiger partial charge in [-0.3, -0.25) is 9.59 Å². The number of aryl methyl sites for hydroxylation is 1. The molecular formula is C16H19F3N2O3. The fourth-order valence-electron chi connectivity index (χ4n) is 2.53. The molecule has 1 aliphatic rings. The van der Waals surface area contributed by atoms with Gasteiger partial charge in [0.15, 0.2) is 0 Å². The molecule has 0 aromatic heterocycles. The van der Waals surface area contributed by atoms with E-state index in [1.165, 1.54) is 18.2 Å². The number of ether oxygens (including phenoxy) is 1. The Morgan fingerprint density at radius 1 is 1.29 bits per heavy atom. The average Bonchev–Trinajstić information content (AvgIpc) is 2.70. The molecule has 1 heterocycles. The van der Waals surface area contributed by atoms with Crippen LogP contribution in [0.25, 0.3) is 0 Å². The minimum Gasteiger partial charge on any atom is -0.406 e. The summed E-state index contributed by atoms with van der Waals surface area (Å²) in [5.41, 5.74) is 0.287. The summed E-state index contributed by atoms with van der Waals surface area (Å²) < 4.78 is 41.0. The lowest BCUT2D eigenvalue weighted by Gasteiger charge is -2.16. The Bertz CT molecular complexity index is 590. The quantitative estimate of drug-likeness (QED) is 0.861. The molecule has 0 spiro atoms. The maximum atomic E-state index is 12.4. The molecule has 1 saturated heterocycles. The van der Waals surface area contributed by atoms with Gasteiger partial charge in [0.2, 0.25) is 11.8 Å². The number of carbonyl (C=O) groups excluding carboxylic acids is 2. The van der Waals surface area contributed by atoms with E-state index >= 15 is 0 Å². The Morgan fingerprint density at radius 2 is 2.04 bits per heavy atom. The van der Waals surface area contributed by atoms with E-state index in [0.717, 1.165) is 12.8 Å². The van der Waals surface area contributed by atoms with Crippen molar-refractivity contribution < 1.29 is 27.5 Å². The van der Waals surface area contributed by atoms with Crippen molar-refractivity contribution in [2.24, 2.45) is 0 Å². The summed E-state index contributed by atoms with van der Waals surface area (Å²) in [6, 6.07) is 5.11. The van der Waals surface area contributed by atoms with Crippen LogP contribution in [0.1, 0.15) is 31.2 Å². The number of hydrogen-bond acceptors (Lipinski definition) is 3. The molecule has 0 unspecified atom stereocenters. The summed E-state index contributed by atoms with van der Waals surface area (Å²) in [7, 11) is 0. The molecule has 1 aromatic carbocycles. The van der Waals surface area contributed by atoms with Gasteiger partial charge in [0, 0.05) is 13.0 Å². The van der Waals surface area contributed by atoms with Crippen molar-refractivity contribution >= 4 is 11.8 Å². The van der Waals surface area contributed by atoms with Crippen molar-refractivity contribution in [3.05, 3.63) is 29.8 Å². The largest absolute Gasteiger partial charge is 0.573 e. The van der Waals surface area contributed by atoms with Crippen LogP contribution in [0.5, 0.6) is 5.75 Å². The zero-order valence-electron chi connectivity index (χ0n) is 13.0. The standard InChI is InChI=1S/C16H19F3N2O3/c17-16(18,19)24-13-7-2-1-5-11(13)8-9-14(22)21-12-6-3-4-10-20-15(12)23/h1-2,5,7,12H,3-4,6,8-10H2,(H,20,23)(H,21,22)/t12-/m0/s1. The number of alkyl halides is 3. The predicted octanol–water partition coefficient (Wildman–Crippen LogP) is 2.30. The second-order valence-corrected chi connectivity index (χ2v) is 5.56. The summed E-state index contributed by atoms with van der Waals surface area (Å²) in [6.45, 7) is 0.591. The van der Waals surface area contributed by atoms with E-state index in [1.54, 1.807) is 6.07 Å². The van der Waals surface area contributed by atoms with Crippen LogP contribution in [0.3, 0.4) is 0 Å². The highest BCUT2D eigenvalue weighted by atomic mass is 19.4. The molecule has 1 fully saturated rings. The minimum absolute atomic E-state index is 0.0258. The molecule has 1 aromatic rings. The first-order chi connectivity index (χ1) is 11.3. The Morgan fingerprint density at radius 3 is 2.79 bits per heavy atom. The van der Waals surface area contributed by atoms with Gasteiger partial charge in [-0.15, -0.1) is 13.2 Å². The smallest absolute Gasteiger partial charge is 0.406 e. The SMILES string of the molecule is O=C(CCc1ccccc1OC(F)(F)F)N[C@H]1CCCCNC1=O. The molecule has 1 atom stereocenters. The zero-order valence-corrected chi connectivity index (χ0v) is 13.0. The number of hydrogen-bond donors (Lipinski definition) is 2. The number of benzene rings is 1. The van der Waals surface area contributed by atoms with Gasteiger partial charge in [-0.25, -0.2) is 0 Å². The van der Waals surface area contributed by atoms with Crippen LogP contribution in [-0.4, -0.2) is 30.8 Å². The molecule has 132 valence electrons. The van der Waals surface area contributed by atoms with Crippen LogP contribution < -0.4 is 15.4 Å². The molecule has 8 heteroatoms. The van der Waals surface area contributed by atoms with Crippen molar-refractivity contribution in [2.45, 2.75) is 44.5 Å². The van der Waals surface area contributed by atoms with Crippen LogP contribution >= 0.6 is 0 Å². The highest BCUT2D eigenvalue weighted by Gasteiger charge is 2.32. The van der Waals surface area contributed by atoms with Gasteiger partial charge in [-0.05, 0) is 37.3 Å². The van der Waals surface area contributed by atoms with Gasteiger partial charge >= 0.3 is 6.36 Å². The molecule has 24 heavy (non-hydrogen) atoms. The molecule has 2 N–H and O–H groups in total. The highest BCUT2D eigenvalue weighted by Crippen LogP contribution is 2.27. The Hall–Kier alpha value is -2.25. The third kappa shape index (κ3) is 5.75. The van der Waals surface area contributed by atoms with E-state index in [9.17, 15) is 22.8 Å². The zero-order chi connectivity index (χ0) is 17.6. The topological polar surface area (TPSA) is 67.4 Å². The van der Waals surface area contributed by atoms with Gasteiger partial charge in [0.1, 0.15) is 11.8 Å². The maximum Gasteiger partial charge on any atom is 0.573 e. The fourth-order valence-corrected chi connectivity index (χ4v) is 2.53. The van der Waals surface area contributed by atoms with E-state index in [-0.39, 0.29) is 36.0 Å². The van der Waals surface area contributed by atoms with E-state index in [0.29, 0.717) is 13.0 Å². The number of rotatable bonds is 5. The van der Waals surface area contributed by atoms with Crippen LogP contribution in [0.2, 0.25) is 0 Å². The lowest BCUT2D eigenvalue weighted by molar-refractivity contribution is -0.274. The molecule has 0 aliphatic carbocycles. The maximum absolute atomic E-state index is 12.4. The Kier molecular flexibility index (Phi) is 6.05. The molecule has 0 bridgehead atoms. The number of para-hydroxylation sites is 1. The van der Waals surface area contributed by atoms with Crippen LogP contribution in [0.4, 0.5) is 13.2 Å². The lowest BCUT2D eigenvalue weighted by Crippen LogP contribution is -2.45. The molecule has 0 saturated carbocycles. The van der Waals surface area contributed by atoms with Gasteiger partial charge in [-0.1, -0.05) is 18.2 Å². The lowest BCUT2D eigenvalue weighted by atomic mass is 10.1. The summed E-state index contributed by atoms with van der Waals surface area (Å²) >= 11 is 0. The Balaban J connectivity index is 1.91. The monoisotopic (exact) mass is 344 g/mol. The number of halogens is 3. The van der Waals surface area contributed by atoms with Crippen molar-refractivity contribution in [1.29, 1.82) is 0 Å².